The first-order valence-electron chi connectivity index (χ1n) is 8.60. The molecule has 0 saturated heterocycles. The maximum atomic E-state index is 11.7. The number of aryl methyl sites for hydroxylation is 2. The Balaban J connectivity index is 2.05. The quantitative estimate of drug-likeness (QED) is 0.544. The molecule has 0 atom stereocenters. The Morgan fingerprint density at radius 1 is 0.786 bits per heavy atom. The van der Waals surface area contributed by atoms with Crippen molar-refractivity contribution in [2.45, 2.75) is 13.8 Å². The Morgan fingerprint density at radius 3 is 2.11 bits per heavy atom. The number of aromatic nitrogens is 2. The normalized spacial score (nSPS) is 11.1. The number of carboxylic acid groups (broad SMARTS) is 2. The zero-order valence-electron chi connectivity index (χ0n) is 15.1. The molecule has 28 heavy (non-hydrogen) atoms. The Hall–Kier alpha value is -3.80. The molecule has 0 N–H and O–H groups in total. The van der Waals surface area contributed by atoms with Crippen LogP contribution in [0.3, 0.4) is 0 Å². The van der Waals surface area contributed by atoms with Crippen LogP contribution in [0, 0.1) is 13.8 Å². The van der Waals surface area contributed by atoms with Gasteiger partial charge >= 0.3 is 0 Å². The van der Waals surface area contributed by atoms with Crippen molar-refractivity contribution in [3.05, 3.63) is 70.8 Å². The first-order chi connectivity index (χ1) is 13.3. The smallest absolute Gasteiger partial charge is 0.0901 e. The minimum atomic E-state index is -1.34. The van der Waals surface area contributed by atoms with E-state index in [0.717, 1.165) is 11.1 Å². The third-order valence-corrected chi connectivity index (χ3v) is 4.71. The second-order valence-electron chi connectivity index (χ2n) is 6.67. The molecule has 0 aliphatic carbocycles. The second-order valence-corrected chi connectivity index (χ2v) is 6.67. The molecule has 0 unspecified atom stereocenters. The number of hydrogen-bond acceptors (Lipinski definition) is 6. The molecular weight excluding hydrogens is 356 g/mol. The van der Waals surface area contributed by atoms with E-state index in [4.69, 9.17) is 0 Å². The molecule has 0 amide bonds. The fraction of sp³-hybridized carbons (Fsp3) is 0.0909. The molecule has 0 radical (unpaired) electrons. The van der Waals surface area contributed by atoms with Crippen LogP contribution in [0.1, 0.15) is 31.8 Å². The van der Waals surface area contributed by atoms with Crippen LogP contribution >= 0.6 is 0 Å². The number of nitrogens with zero attached hydrogens (tertiary/aromatic N) is 2. The molecule has 4 aromatic rings. The van der Waals surface area contributed by atoms with E-state index in [1.54, 1.807) is 37.3 Å². The van der Waals surface area contributed by atoms with Gasteiger partial charge < -0.3 is 19.8 Å². The Kier molecular flexibility index (Phi) is 4.04. The average molecular weight is 370 g/mol. The van der Waals surface area contributed by atoms with Crippen molar-refractivity contribution in [3.8, 4) is 11.4 Å². The van der Waals surface area contributed by atoms with E-state index in [1.165, 1.54) is 12.1 Å². The molecule has 6 heteroatoms. The minimum absolute atomic E-state index is 0.0149. The number of rotatable bonds is 3. The maximum absolute atomic E-state index is 11.7. The molecule has 2 aromatic heterocycles. The van der Waals surface area contributed by atoms with Gasteiger partial charge in [0.1, 0.15) is 0 Å². The van der Waals surface area contributed by atoms with Crippen LogP contribution in [0.25, 0.3) is 33.2 Å². The SMILES string of the molecule is Cc1ccc2nc(-c3cc(C(=O)[O-])c4c(C)cccc4n3)cc(C(=O)[O-])c2c1. The molecule has 0 bridgehead atoms. The molecule has 0 aliphatic heterocycles. The summed E-state index contributed by atoms with van der Waals surface area (Å²) >= 11 is 0. The zero-order valence-corrected chi connectivity index (χ0v) is 15.1. The third-order valence-electron chi connectivity index (χ3n) is 4.71. The average Bonchev–Trinajstić information content (AvgIpc) is 2.66. The molecule has 2 aromatic carbocycles. The second kappa shape index (κ2) is 6.42. The monoisotopic (exact) mass is 370 g/mol. The van der Waals surface area contributed by atoms with Crippen molar-refractivity contribution in [2.75, 3.05) is 0 Å². The van der Waals surface area contributed by atoms with Gasteiger partial charge in [0, 0.05) is 21.9 Å². The van der Waals surface area contributed by atoms with E-state index in [2.05, 4.69) is 9.97 Å². The van der Waals surface area contributed by atoms with Crippen molar-refractivity contribution in [1.82, 2.24) is 9.97 Å². The first kappa shape index (κ1) is 17.6. The highest BCUT2D eigenvalue weighted by Crippen LogP contribution is 2.29. The molecule has 2 heterocycles. The summed E-state index contributed by atoms with van der Waals surface area (Å²) in [6.45, 7) is 3.65. The number of pyridine rings is 2. The highest BCUT2D eigenvalue weighted by molar-refractivity contribution is 6.05. The molecule has 4 rings (SSSR count). The Morgan fingerprint density at radius 2 is 1.43 bits per heavy atom. The van der Waals surface area contributed by atoms with Gasteiger partial charge in [0.15, 0.2) is 0 Å². The van der Waals surface area contributed by atoms with Gasteiger partial charge in [-0.25, -0.2) is 9.97 Å². The van der Waals surface area contributed by atoms with Gasteiger partial charge in [-0.15, -0.1) is 0 Å². The highest BCUT2D eigenvalue weighted by Gasteiger charge is 2.14. The number of benzene rings is 2. The largest absolute Gasteiger partial charge is 0.545 e. The van der Waals surface area contributed by atoms with Gasteiger partial charge in [-0.1, -0.05) is 23.8 Å². The van der Waals surface area contributed by atoms with Crippen molar-refractivity contribution in [3.63, 3.8) is 0 Å². The number of fused-ring (bicyclic) bond motifs is 2. The van der Waals surface area contributed by atoms with Crippen molar-refractivity contribution >= 4 is 33.7 Å². The van der Waals surface area contributed by atoms with Crippen LogP contribution in [0.5, 0.6) is 0 Å². The highest BCUT2D eigenvalue weighted by atomic mass is 16.4. The van der Waals surface area contributed by atoms with Crippen LogP contribution in [0.15, 0.2) is 48.5 Å². The van der Waals surface area contributed by atoms with Gasteiger partial charge in [0.05, 0.1) is 34.4 Å². The maximum Gasteiger partial charge on any atom is 0.0901 e. The summed E-state index contributed by atoms with van der Waals surface area (Å²) in [6.07, 6.45) is 0. The predicted molar refractivity (Wildman–Crippen MR) is 101 cm³/mol. The summed E-state index contributed by atoms with van der Waals surface area (Å²) in [4.78, 5) is 32.4. The summed E-state index contributed by atoms with van der Waals surface area (Å²) in [5.74, 6) is -2.67. The Labute approximate surface area is 160 Å². The van der Waals surface area contributed by atoms with Crippen molar-refractivity contribution in [2.24, 2.45) is 0 Å². The van der Waals surface area contributed by atoms with E-state index in [-0.39, 0.29) is 22.5 Å². The zero-order chi connectivity index (χ0) is 20.0. The van der Waals surface area contributed by atoms with E-state index < -0.39 is 11.9 Å². The fourth-order valence-electron chi connectivity index (χ4n) is 3.40. The number of hydrogen-bond donors (Lipinski definition) is 0. The van der Waals surface area contributed by atoms with Gasteiger partial charge in [0.2, 0.25) is 0 Å². The predicted octanol–water partition coefficient (Wildman–Crippen LogP) is 1.79. The molecule has 138 valence electrons. The standard InChI is InChI=1S/C22H16N2O4/c1-11-6-7-16-13(8-11)14(21(25)26)9-18(23-16)19-10-15(22(27)28)20-12(2)4-3-5-17(20)24-19/h3-10H,1-2H3,(H,25,26)(H,27,28)/p-2. The topological polar surface area (TPSA) is 106 Å². The molecule has 6 nitrogen and oxygen atoms in total. The molecule has 0 spiro atoms. The minimum Gasteiger partial charge on any atom is -0.545 e. The lowest BCUT2D eigenvalue weighted by Crippen LogP contribution is -2.23. The summed E-state index contributed by atoms with van der Waals surface area (Å²) < 4.78 is 0. The molecular formula is C22H14N2O4-2. The van der Waals surface area contributed by atoms with Gasteiger partial charge in [0.25, 0.3) is 0 Å². The molecule has 0 fully saturated rings. The summed E-state index contributed by atoms with van der Waals surface area (Å²) in [7, 11) is 0. The van der Waals surface area contributed by atoms with Crippen LogP contribution < -0.4 is 10.2 Å². The van der Waals surface area contributed by atoms with Gasteiger partial charge in [-0.2, -0.15) is 0 Å². The van der Waals surface area contributed by atoms with Gasteiger partial charge in [-0.3, -0.25) is 0 Å². The summed E-state index contributed by atoms with van der Waals surface area (Å²) in [5.41, 5.74) is 3.05. The summed E-state index contributed by atoms with van der Waals surface area (Å²) in [5, 5.41) is 24.3. The van der Waals surface area contributed by atoms with E-state index in [9.17, 15) is 19.8 Å². The number of carbonyl (C=O) groups is 2. The number of aromatic carboxylic acids is 2. The number of carbonyl (C=O) groups excluding carboxylic acids is 2. The van der Waals surface area contributed by atoms with E-state index in [1.807, 2.05) is 13.0 Å². The lowest BCUT2D eigenvalue weighted by molar-refractivity contribution is -0.256. The van der Waals surface area contributed by atoms with Crippen LogP contribution in [0.2, 0.25) is 0 Å². The Bertz CT molecular complexity index is 1290. The fourth-order valence-corrected chi connectivity index (χ4v) is 3.40. The lowest BCUT2D eigenvalue weighted by atomic mass is 10.0. The third kappa shape index (κ3) is 2.85. The summed E-state index contributed by atoms with van der Waals surface area (Å²) in [6, 6.07) is 13.3. The first-order valence-corrected chi connectivity index (χ1v) is 8.60. The van der Waals surface area contributed by atoms with Gasteiger partial charge in [-0.05, 0) is 49.7 Å². The van der Waals surface area contributed by atoms with E-state index in [0.29, 0.717) is 21.8 Å². The lowest BCUT2D eigenvalue weighted by Gasteiger charge is -2.14. The van der Waals surface area contributed by atoms with Crippen LogP contribution in [-0.4, -0.2) is 21.9 Å². The van der Waals surface area contributed by atoms with Crippen LogP contribution in [0.4, 0.5) is 0 Å². The number of carboxylic acids is 2. The van der Waals surface area contributed by atoms with E-state index >= 15 is 0 Å². The van der Waals surface area contributed by atoms with Crippen LogP contribution in [-0.2, 0) is 0 Å². The van der Waals surface area contributed by atoms with Crippen molar-refractivity contribution in [1.29, 1.82) is 0 Å². The molecule has 0 saturated carbocycles. The van der Waals surface area contributed by atoms with Crippen molar-refractivity contribution < 1.29 is 19.8 Å². The molecule has 0 aliphatic rings.